The fourth-order valence-corrected chi connectivity index (χ4v) is 2.96. The van der Waals surface area contributed by atoms with Gasteiger partial charge in [-0.1, -0.05) is 20.3 Å². The normalized spacial score (nSPS) is 31.4. The molecule has 1 aliphatic rings. The molecule has 1 saturated carbocycles. The maximum absolute atomic E-state index is 5.71. The van der Waals surface area contributed by atoms with E-state index in [2.05, 4.69) is 19.3 Å². The lowest BCUT2D eigenvalue weighted by molar-refractivity contribution is 0.160. The number of nitrogens with two attached hydrogens (primary N) is 1. The summed E-state index contributed by atoms with van der Waals surface area (Å²) < 4.78 is 5.71. The number of hydrogen-bond acceptors (Lipinski definition) is 3. The van der Waals surface area contributed by atoms with E-state index in [0.717, 1.165) is 23.4 Å². The SMILES string of the molecule is Cc1ccc(C(NN)C2CCC(C)C(C)C2)o1. The van der Waals surface area contributed by atoms with Crippen molar-refractivity contribution < 1.29 is 4.42 Å². The Morgan fingerprint density at radius 1 is 1.29 bits per heavy atom. The van der Waals surface area contributed by atoms with E-state index in [4.69, 9.17) is 10.3 Å². The number of nitrogens with one attached hydrogen (secondary N) is 1. The van der Waals surface area contributed by atoms with Crippen molar-refractivity contribution >= 4 is 0 Å². The Labute approximate surface area is 104 Å². The Morgan fingerprint density at radius 2 is 2.06 bits per heavy atom. The molecule has 4 atom stereocenters. The van der Waals surface area contributed by atoms with Crippen molar-refractivity contribution in [2.45, 2.75) is 46.1 Å². The molecule has 0 saturated heterocycles. The summed E-state index contributed by atoms with van der Waals surface area (Å²) >= 11 is 0. The van der Waals surface area contributed by atoms with E-state index in [1.54, 1.807) is 0 Å². The maximum Gasteiger partial charge on any atom is 0.122 e. The summed E-state index contributed by atoms with van der Waals surface area (Å²) in [6, 6.07) is 4.22. The molecule has 0 bridgehead atoms. The van der Waals surface area contributed by atoms with Gasteiger partial charge in [0.05, 0.1) is 6.04 Å². The summed E-state index contributed by atoms with van der Waals surface area (Å²) in [5.41, 5.74) is 2.94. The van der Waals surface area contributed by atoms with Crippen LogP contribution in [0.2, 0.25) is 0 Å². The predicted octanol–water partition coefficient (Wildman–Crippen LogP) is 3.16. The first-order valence-corrected chi connectivity index (χ1v) is 6.64. The van der Waals surface area contributed by atoms with Gasteiger partial charge >= 0.3 is 0 Å². The highest BCUT2D eigenvalue weighted by Crippen LogP contribution is 2.39. The lowest BCUT2D eigenvalue weighted by atomic mass is 9.73. The molecule has 1 aliphatic carbocycles. The summed E-state index contributed by atoms with van der Waals surface area (Å²) in [7, 11) is 0. The van der Waals surface area contributed by atoms with Crippen LogP contribution in [-0.2, 0) is 0 Å². The van der Waals surface area contributed by atoms with Gasteiger partial charge < -0.3 is 4.42 Å². The molecule has 4 unspecified atom stereocenters. The minimum Gasteiger partial charge on any atom is -0.465 e. The molecule has 3 heteroatoms. The Bertz CT molecular complexity index is 361. The second-order valence-electron chi connectivity index (χ2n) is 5.62. The fraction of sp³-hybridized carbons (Fsp3) is 0.714. The molecule has 0 spiro atoms. The van der Waals surface area contributed by atoms with E-state index in [9.17, 15) is 0 Å². The van der Waals surface area contributed by atoms with Crippen LogP contribution in [0.3, 0.4) is 0 Å². The van der Waals surface area contributed by atoms with Crippen molar-refractivity contribution in [2.75, 3.05) is 0 Å². The summed E-state index contributed by atoms with van der Waals surface area (Å²) in [5, 5.41) is 0. The Kier molecular flexibility index (Phi) is 3.89. The monoisotopic (exact) mass is 236 g/mol. The smallest absolute Gasteiger partial charge is 0.122 e. The van der Waals surface area contributed by atoms with Gasteiger partial charge in [0.15, 0.2) is 0 Å². The molecule has 0 aromatic carbocycles. The van der Waals surface area contributed by atoms with Crippen molar-refractivity contribution in [3.63, 3.8) is 0 Å². The number of rotatable bonds is 3. The third-order valence-electron chi connectivity index (χ3n) is 4.36. The van der Waals surface area contributed by atoms with Gasteiger partial charge in [0.2, 0.25) is 0 Å². The van der Waals surface area contributed by atoms with Crippen LogP contribution in [0.1, 0.15) is 50.7 Å². The molecule has 0 radical (unpaired) electrons. The van der Waals surface area contributed by atoms with Crippen molar-refractivity contribution in [1.29, 1.82) is 0 Å². The molecule has 1 heterocycles. The highest BCUT2D eigenvalue weighted by molar-refractivity contribution is 5.11. The standard InChI is InChI=1S/C14H24N2O/c1-9-4-6-12(8-10(9)2)14(16-15)13-7-5-11(3)17-13/h5,7,9-10,12,14,16H,4,6,8,15H2,1-3H3. The summed E-state index contributed by atoms with van der Waals surface area (Å²) in [5.74, 6) is 9.86. The van der Waals surface area contributed by atoms with E-state index in [1.165, 1.54) is 19.3 Å². The average molecular weight is 236 g/mol. The van der Waals surface area contributed by atoms with Crippen LogP contribution in [0.15, 0.2) is 16.5 Å². The van der Waals surface area contributed by atoms with Crippen LogP contribution >= 0.6 is 0 Å². The number of hydrazine groups is 1. The van der Waals surface area contributed by atoms with E-state index in [0.29, 0.717) is 5.92 Å². The van der Waals surface area contributed by atoms with E-state index >= 15 is 0 Å². The average Bonchev–Trinajstić information content (AvgIpc) is 2.71. The highest BCUT2D eigenvalue weighted by atomic mass is 16.3. The lowest BCUT2D eigenvalue weighted by Crippen LogP contribution is -2.36. The van der Waals surface area contributed by atoms with Gasteiger partial charge in [-0.3, -0.25) is 5.84 Å². The second kappa shape index (κ2) is 5.23. The maximum atomic E-state index is 5.71. The predicted molar refractivity (Wildman–Crippen MR) is 69.2 cm³/mol. The van der Waals surface area contributed by atoms with E-state index in [1.807, 2.05) is 19.1 Å². The number of hydrogen-bond donors (Lipinski definition) is 2. The molecule has 17 heavy (non-hydrogen) atoms. The zero-order valence-electron chi connectivity index (χ0n) is 11.1. The van der Waals surface area contributed by atoms with Crippen LogP contribution in [-0.4, -0.2) is 0 Å². The van der Waals surface area contributed by atoms with Crippen molar-refractivity contribution in [3.8, 4) is 0 Å². The summed E-state index contributed by atoms with van der Waals surface area (Å²) in [6.45, 7) is 6.67. The molecule has 3 nitrogen and oxygen atoms in total. The van der Waals surface area contributed by atoms with Crippen LogP contribution in [0.25, 0.3) is 0 Å². The third kappa shape index (κ3) is 2.72. The Hall–Kier alpha value is -0.800. The first kappa shape index (κ1) is 12.7. The highest BCUT2D eigenvalue weighted by Gasteiger charge is 2.31. The lowest BCUT2D eigenvalue weighted by Gasteiger charge is -2.35. The molecule has 0 aliphatic heterocycles. The van der Waals surface area contributed by atoms with Gasteiger partial charge in [-0.25, -0.2) is 5.43 Å². The quantitative estimate of drug-likeness (QED) is 0.626. The van der Waals surface area contributed by atoms with Gasteiger partial charge in [-0.05, 0) is 49.7 Å². The number of aryl methyl sites for hydroxylation is 1. The third-order valence-corrected chi connectivity index (χ3v) is 4.36. The topological polar surface area (TPSA) is 51.2 Å². The number of furan rings is 1. The molecule has 96 valence electrons. The molecular weight excluding hydrogens is 212 g/mol. The van der Waals surface area contributed by atoms with Crippen LogP contribution < -0.4 is 11.3 Å². The van der Waals surface area contributed by atoms with Gasteiger partial charge in [0.25, 0.3) is 0 Å². The zero-order chi connectivity index (χ0) is 12.4. The van der Waals surface area contributed by atoms with Crippen molar-refractivity contribution in [2.24, 2.45) is 23.6 Å². The molecule has 1 aromatic rings. The van der Waals surface area contributed by atoms with Gasteiger partial charge in [-0.2, -0.15) is 0 Å². The molecule has 0 amide bonds. The van der Waals surface area contributed by atoms with Crippen LogP contribution in [0.5, 0.6) is 0 Å². The zero-order valence-corrected chi connectivity index (χ0v) is 11.1. The molecule has 1 aromatic heterocycles. The largest absolute Gasteiger partial charge is 0.465 e. The second-order valence-corrected chi connectivity index (χ2v) is 5.62. The van der Waals surface area contributed by atoms with E-state index in [-0.39, 0.29) is 6.04 Å². The Morgan fingerprint density at radius 3 is 2.59 bits per heavy atom. The van der Waals surface area contributed by atoms with Crippen LogP contribution in [0, 0.1) is 24.7 Å². The summed E-state index contributed by atoms with van der Waals surface area (Å²) in [4.78, 5) is 0. The minimum atomic E-state index is 0.165. The molecule has 2 rings (SSSR count). The molecule has 1 fully saturated rings. The van der Waals surface area contributed by atoms with Gasteiger partial charge in [0.1, 0.15) is 11.5 Å². The van der Waals surface area contributed by atoms with E-state index < -0.39 is 0 Å². The first-order chi connectivity index (χ1) is 8.11. The molecule has 3 N–H and O–H groups in total. The fourth-order valence-electron chi connectivity index (χ4n) is 2.96. The first-order valence-electron chi connectivity index (χ1n) is 6.64. The van der Waals surface area contributed by atoms with Gasteiger partial charge in [-0.15, -0.1) is 0 Å². The minimum absolute atomic E-state index is 0.165. The Balaban J connectivity index is 2.08. The van der Waals surface area contributed by atoms with Gasteiger partial charge in [0, 0.05) is 0 Å². The van der Waals surface area contributed by atoms with Crippen LogP contribution in [0.4, 0.5) is 0 Å². The molecular formula is C14H24N2O. The van der Waals surface area contributed by atoms with Crippen molar-refractivity contribution in [3.05, 3.63) is 23.7 Å². The summed E-state index contributed by atoms with van der Waals surface area (Å²) in [6.07, 6.45) is 3.76. The van der Waals surface area contributed by atoms with Crippen molar-refractivity contribution in [1.82, 2.24) is 5.43 Å².